The zero-order chi connectivity index (χ0) is 27.8. The SMILES string of the molecule is Cc1ccc(NC(=O)Nc2ccc(-c3ccc(C(=O)CC(CCc4ccccc4)C(=O)O)cc3)nc2)cc1C. The molecular formula is C32H31N3O4. The van der Waals surface area contributed by atoms with Crippen molar-refractivity contribution in [3.8, 4) is 11.3 Å². The fraction of sp³-hybridized carbons (Fsp3) is 0.188. The number of carboxylic acids is 1. The molecule has 3 aromatic carbocycles. The van der Waals surface area contributed by atoms with Crippen molar-refractivity contribution in [3.05, 3.63) is 113 Å². The van der Waals surface area contributed by atoms with Crippen molar-refractivity contribution in [2.45, 2.75) is 33.1 Å². The monoisotopic (exact) mass is 521 g/mol. The summed E-state index contributed by atoms with van der Waals surface area (Å²) in [4.78, 5) is 41.3. The van der Waals surface area contributed by atoms with Gasteiger partial charge in [0.2, 0.25) is 0 Å². The van der Waals surface area contributed by atoms with Gasteiger partial charge in [-0.2, -0.15) is 0 Å². The van der Waals surface area contributed by atoms with Crippen LogP contribution in [0.4, 0.5) is 16.2 Å². The summed E-state index contributed by atoms with van der Waals surface area (Å²) in [5, 5.41) is 15.2. The lowest BCUT2D eigenvalue weighted by Gasteiger charge is -2.12. The van der Waals surface area contributed by atoms with E-state index in [1.807, 2.05) is 62.4 Å². The third-order valence-electron chi connectivity index (χ3n) is 6.69. The molecule has 39 heavy (non-hydrogen) atoms. The highest BCUT2D eigenvalue weighted by atomic mass is 16.4. The summed E-state index contributed by atoms with van der Waals surface area (Å²) in [7, 11) is 0. The van der Waals surface area contributed by atoms with Crippen LogP contribution in [0.5, 0.6) is 0 Å². The Morgan fingerprint density at radius 2 is 1.51 bits per heavy atom. The summed E-state index contributed by atoms with van der Waals surface area (Å²) in [5.74, 6) is -1.91. The second-order valence-electron chi connectivity index (χ2n) is 9.57. The first-order valence-electron chi connectivity index (χ1n) is 12.8. The number of carbonyl (C=O) groups is 3. The second-order valence-corrected chi connectivity index (χ2v) is 9.57. The van der Waals surface area contributed by atoms with Gasteiger partial charge in [-0.1, -0.05) is 60.7 Å². The Hall–Kier alpha value is -4.78. The zero-order valence-corrected chi connectivity index (χ0v) is 22.0. The van der Waals surface area contributed by atoms with E-state index in [0.29, 0.717) is 35.5 Å². The number of amides is 2. The normalized spacial score (nSPS) is 11.4. The van der Waals surface area contributed by atoms with Gasteiger partial charge in [-0.15, -0.1) is 0 Å². The van der Waals surface area contributed by atoms with Crippen molar-refractivity contribution in [3.63, 3.8) is 0 Å². The Labute approximate surface area is 227 Å². The van der Waals surface area contributed by atoms with Crippen LogP contribution in [0.2, 0.25) is 0 Å². The van der Waals surface area contributed by atoms with Crippen LogP contribution in [0.15, 0.2) is 91.1 Å². The van der Waals surface area contributed by atoms with Crippen LogP contribution in [-0.2, 0) is 11.2 Å². The number of aliphatic carboxylic acids is 1. The van der Waals surface area contributed by atoms with Gasteiger partial charge >= 0.3 is 12.0 Å². The Morgan fingerprint density at radius 1 is 0.821 bits per heavy atom. The lowest BCUT2D eigenvalue weighted by Crippen LogP contribution is -2.19. The van der Waals surface area contributed by atoms with Crippen molar-refractivity contribution < 1.29 is 19.5 Å². The molecular weight excluding hydrogens is 490 g/mol. The number of pyridine rings is 1. The number of urea groups is 1. The number of nitrogens with one attached hydrogen (secondary N) is 2. The van der Waals surface area contributed by atoms with E-state index in [4.69, 9.17) is 0 Å². The molecule has 0 radical (unpaired) electrons. The summed E-state index contributed by atoms with van der Waals surface area (Å²) in [6.07, 6.45) is 2.52. The number of carbonyl (C=O) groups excluding carboxylic acids is 2. The summed E-state index contributed by atoms with van der Waals surface area (Å²) in [6, 6.07) is 25.5. The number of nitrogens with zero attached hydrogens (tertiary/aromatic N) is 1. The topological polar surface area (TPSA) is 108 Å². The highest BCUT2D eigenvalue weighted by Gasteiger charge is 2.22. The van der Waals surface area contributed by atoms with Gasteiger partial charge in [-0.25, -0.2) is 4.79 Å². The van der Waals surface area contributed by atoms with Crippen LogP contribution >= 0.6 is 0 Å². The number of anilines is 2. The largest absolute Gasteiger partial charge is 0.481 e. The molecule has 198 valence electrons. The Morgan fingerprint density at radius 3 is 2.15 bits per heavy atom. The molecule has 1 aromatic heterocycles. The summed E-state index contributed by atoms with van der Waals surface area (Å²) < 4.78 is 0. The minimum absolute atomic E-state index is 0.0512. The molecule has 4 aromatic rings. The van der Waals surface area contributed by atoms with Crippen molar-refractivity contribution >= 4 is 29.2 Å². The maximum absolute atomic E-state index is 12.8. The lowest BCUT2D eigenvalue weighted by atomic mass is 9.92. The number of rotatable bonds is 10. The van der Waals surface area contributed by atoms with E-state index >= 15 is 0 Å². The molecule has 0 saturated heterocycles. The van der Waals surface area contributed by atoms with Gasteiger partial charge in [0.15, 0.2) is 5.78 Å². The molecule has 0 fully saturated rings. The summed E-state index contributed by atoms with van der Waals surface area (Å²) in [6.45, 7) is 4.00. The maximum atomic E-state index is 12.8. The zero-order valence-electron chi connectivity index (χ0n) is 22.0. The standard InChI is InChI=1S/C32H31N3O4/c1-21-8-15-27(18-22(21)2)34-32(39)35-28-16-17-29(33-20-28)24-11-13-25(14-12-24)30(36)19-26(31(37)38)10-9-23-6-4-3-5-7-23/h3-8,11-18,20,26H,9-10,19H2,1-2H3,(H,37,38)(H2,34,35,39). The summed E-state index contributed by atoms with van der Waals surface area (Å²) >= 11 is 0. The first kappa shape index (κ1) is 27.3. The quantitative estimate of drug-likeness (QED) is 0.196. The summed E-state index contributed by atoms with van der Waals surface area (Å²) in [5.41, 5.74) is 6.50. The molecule has 0 saturated carbocycles. The highest BCUT2D eigenvalue weighted by Crippen LogP contribution is 2.22. The van der Waals surface area contributed by atoms with Crippen molar-refractivity contribution in [2.75, 3.05) is 10.6 Å². The van der Waals surface area contributed by atoms with Crippen LogP contribution in [-0.4, -0.2) is 27.9 Å². The third kappa shape index (κ3) is 7.61. The molecule has 7 nitrogen and oxygen atoms in total. The average molecular weight is 522 g/mol. The third-order valence-corrected chi connectivity index (χ3v) is 6.69. The fourth-order valence-electron chi connectivity index (χ4n) is 4.22. The fourth-order valence-corrected chi connectivity index (χ4v) is 4.22. The van der Waals surface area contributed by atoms with E-state index in [9.17, 15) is 19.5 Å². The van der Waals surface area contributed by atoms with Gasteiger partial charge < -0.3 is 15.7 Å². The molecule has 0 aliphatic heterocycles. The average Bonchev–Trinajstić information content (AvgIpc) is 2.94. The number of carboxylic acid groups (broad SMARTS) is 1. The second kappa shape index (κ2) is 12.6. The van der Waals surface area contributed by atoms with E-state index in [1.54, 1.807) is 42.6 Å². The molecule has 1 heterocycles. The number of hydrogen-bond donors (Lipinski definition) is 3. The smallest absolute Gasteiger partial charge is 0.323 e. The lowest BCUT2D eigenvalue weighted by molar-refractivity contribution is -0.141. The van der Waals surface area contributed by atoms with E-state index in [2.05, 4.69) is 15.6 Å². The number of hydrogen-bond acceptors (Lipinski definition) is 4. The predicted octanol–water partition coefficient (Wildman–Crippen LogP) is 6.92. The molecule has 0 aliphatic rings. The highest BCUT2D eigenvalue weighted by molar-refractivity contribution is 6.00. The number of aromatic nitrogens is 1. The minimum Gasteiger partial charge on any atom is -0.481 e. The Balaban J connectivity index is 1.33. The van der Waals surface area contributed by atoms with E-state index in [0.717, 1.165) is 22.3 Å². The van der Waals surface area contributed by atoms with E-state index < -0.39 is 11.9 Å². The van der Waals surface area contributed by atoms with Crippen molar-refractivity contribution in [2.24, 2.45) is 5.92 Å². The van der Waals surface area contributed by atoms with E-state index in [1.165, 1.54) is 0 Å². The van der Waals surface area contributed by atoms with Gasteiger partial charge in [0, 0.05) is 23.2 Å². The van der Waals surface area contributed by atoms with Crippen LogP contribution in [0, 0.1) is 19.8 Å². The van der Waals surface area contributed by atoms with Gasteiger partial charge in [-0.05, 0) is 67.6 Å². The molecule has 0 spiro atoms. The molecule has 0 aliphatic carbocycles. The Bertz CT molecular complexity index is 1450. The number of Topliss-reactive ketones (excluding diaryl/α,β-unsaturated/α-hetero) is 1. The minimum atomic E-state index is -0.962. The van der Waals surface area contributed by atoms with Crippen LogP contribution in [0.3, 0.4) is 0 Å². The number of ketones is 1. The van der Waals surface area contributed by atoms with Crippen LogP contribution in [0.25, 0.3) is 11.3 Å². The number of aryl methyl sites for hydroxylation is 3. The van der Waals surface area contributed by atoms with Gasteiger partial charge in [0.05, 0.1) is 23.5 Å². The molecule has 3 N–H and O–H groups in total. The molecule has 0 bridgehead atoms. The van der Waals surface area contributed by atoms with Gasteiger partial charge in [0.1, 0.15) is 0 Å². The molecule has 1 unspecified atom stereocenters. The molecule has 7 heteroatoms. The molecule has 2 amide bonds. The maximum Gasteiger partial charge on any atom is 0.323 e. The van der Waals surface area contributed by atoms with Crippen LogP contribution < -0.4 is 10.6 Å². The van der Waals surface area contributed by atoms with Crippen molar-refractivity contribution in [1.29, 1.82) is 0 Å². The number of benzene rings is 3. The van der Waals surface area contributed by atoms with Crippen molar-refractivity contribution in [1.82, 2.24) is 4.98 Å². The predicted molar refractivity (Wildman–Crippen MR) is 153 cm³/mol. The molecule has 4 rings (SSSR count). The van der Waals surface area contributed by atoms with Gasteiger partial charge in [0.25, 0.3) is 0 Å². The van der Waals surface area contributed by atoms with Crippen LogP contribution in [0.1, 0.15) is 39.9 Å². The first-order valence-corrected chi connectivity index (χ1v) is 12.8. The first-order chi connectivity index (χ1) is 18.8. The van der Waals surface area contributed by atoms with Gasteiger partial charge in [-0.3, -0.25) is 14.6 Å². The Kier molecular flexibility index (Phi) is 8.84. The molecule has 1 atom stereocenters. The van der Waals surface area contributed by atoms with E-state index in [-0.39, 0.29) is 18.2 Å².